The number of benzene rings is 1. The Morgan fingerprint density at radius 1 is 1.38 bits per heavy atom. The minimum atomic E-state index is 0.0202. The van der Waals surface area contributed by atoms with Crippen molar-refractivity contribution in [3.05, 3.63) is 28.2 Å². The molecule has 0 radical (unpaired) electrons. The van der Waals surface area contributed by atoms with E-state index in [0.717, 1.165) is 22.4 Å². The van der Waals surface area contributed by atoms with Gasteiger partial charge in [0.25, 0.3) is 0 Å². The molecular formula is C12H18BrNO2. The molecule has 3 nitrogen and oxygen atoms in total. The molecule has 0 amide bonds. The van der Waals surface area contributed by atoms with Crippen molar-refractivity contribution >= 4 is 15.9 Å². The molecule has 4 heteroatoms. The summed E-state index contributed by atoms with van der Waals surface area (Å²) in [6.07, 6.45) is 0. The molecule has 0 spiro atoms. The van der Waals surface area contributed by atoms with Crippen LogP contribution in [0.1, 0.15) is 25.5 Å². The van der Waals surface area contributed by atoms with Crippen molar-refractivity contribution in [2.45, 2.75) is 19.9 Å². The summed E-state index contributed by atoms with van der Waals surface area (Å²) in [5.41, 5.74) is 6.89. The maximum atomic E-state index is 5.81. The predicted molar refractivity (Wildman–Crippen MR) is 68.7 cm³/mol. The lowest BCUT2D eigenvalue weighted by Gasteiger charge is -2.11. The van der Waals surface area contributed by atoms with Crippen molar-refractivity contribution in [3.8, 4) is 5.75 Å². The summed E-state index contributed by atoms with van der Waals surface area (Å²) in [4.78, 5) is 0. The number of hydrogen-bond donors (Lipinski definition) is 1. The van der Waals surface area contributed by atoms with Crippen LogP contribution in [0.15, 0.2) is 22.7 Å². The number of rotatable bonds is 6. The van der Waals surface area contributed by atoms with Crippen LogP contribution in [-0.4, -0.2) is 19.8 Å². The largest absolute Gasteiger partial charge is 0.491 e. The molecule has 0 aliphatic rings. The fourth-order valence-electron chi connectivity index (χ4n) is 1.33. The summed E-state index contributed by atoms with van der Waals surface area (Å²) in [7, 11) is 0. The molecule has 2 N–H and O–H groups in total. The average molecular weight is 288 g/mol. The molecule has 90 valence electrons. The highest BCUT2D eigenvalue weighted by Crippen LogP contribution is 2.26. The molecule has 0 heterocycles. The van der Waals surface area contributed by atoms with Crippen molar-refractivity contribution in [2.24, 2.45) is 5.73 Å². The van der Waals surface area contributed by atoms with Crippen LogP contribution in [0.3, 0.4) is 0 Å². The molecular weight excluding hydrogens is 270 g/mol. The van der Waals surface area contributed by atoms with Gasteiger partial charge in [0.15, 0.2) is 0 Å². The summed E-state index contributed by atoms with van der Waals surface area (Å²) >= 11 is 3.48. The predicted octanol–water partition coefficient (Wildman–Crippen LogP) is 2.88. The van der Waals surface area contributed by atoms with Gasteiger partial charge in [-0.3, -0.25) is 0 Å². The van der Waals surface area contributed by atoms with Gasteiger partial charge in [-0.2, -0.15) is 0 Å². The Kier molecular flexibility index (Phi) is 5.80. The van der Waals surface area contributed by atoms with Crippen molar-refractivity contribution in [1.82, 2.24) is 0 Å². The van der Waals surface area contributed by atoms with E-state index in [9.17, 15) is 0 Å². The third-order valence-electron chi connectivity index (χ3n) is 2.16. The Hall–Kier alpha value is -0.580. The molecule has 1 atom stereocenters. The van der Waals surface area contributed by atoms with Crippen LogP contribution in [0.5, 0.6) is 5.75 Å². The van der Waals surface area contributed by atoms with E-state index in [1.54, 1.807) is 0 Å². The minimum Gasteiger partial charge on any atom is -0.491 e. The Morgan fingerprint density at radius 2 is 2.12 bits per heavy atom. The van der Waals surface area contributed by atoms with E-state index in [1.807, 2.05) is 32.0 Å². The quantitative estimate of drug-likeness (QED) is 0.819. The maximum Gasteiger partial charge on any atom is 0.120 e. The van der Waals surface area contributed by atoms with Crippen LogP contribution in [0, 0.1) is 0 Å². The SMILES string of the molecule is CCOCCOc1ccc([C@@H](C)N)c(Br)c1. The molecule has 1 rings (SSSR count). The van der Waals surface area contributed by atoms with Gasteiger partial charge >= 0.3 is 0 Å². The van der Waals surface area contributed by atoms with Crippen LogP contribution >= 0.6 is 15.9 Å². The first-order valence-corrected chi connectivity index (χ1v) is 6.20. The van der Waals surface area contributed by atoms with Gasteiger partial charge in [-0.1, -0.05) is 22.0 Å². The van der Waals surface area contributed by atoms with Gasteiger partial charge in [-0.15, -0.1) is 0 Å². The second kappa shape index (κ2) is 6.89. The lowest BCUT2D eigenvalue weighted by Crippen LogP contribution is -2.08. The lowest BCUT2D eigenvalue weighted by atomic mass is 10.1. The molecule has 16 heavy (non-hydrogen) atoms. The topological polar surface area (TPSA) is 44.5 Å². The number of nitrogens with two attached hydrogens (primary N) is 1. The molecule has 0 bridgehead atoms. The van der Waals surface area contributed by atoms with Gasteiger partial charge in [-0.25, -0.2) is 0 Å². The van der Waals surface area contributed by atoms with Gasteiger partial charge in [0.2, 0.25) is 0 Å². The van der Waals surface area contributed by atoms with Crippen LogP contribution in [0.25, 0.3) is 0 Å². The number of ether oxygens (including phenoxy) is 2. The van der Waals surface area contributed by atoms with E-state index >= 15 is 0 Å². The molecule has 0 aromatic heterocycles. The van der Waals surface area contributed by atoms with Crippen molar-refractivity contribution in [1.29, 1.82) is 0 Å². The van der Waals surface area contributed by atoms with Crippen LogP contribution < -0.4 is 10.5 Å². The fraction of sp³-hybridized carbons (Fsp3) is 0.500. The monoisotopic (exact) mass is 287 g/mol. The molecule has 0 fully saturated rings. The third-order valence-corrected chi connectivity index (χ3v) is 2.85. The normalized spacial score (nSPS) is 12.5. The van der Waals surface area contributed by atoms with E-state index in [1.165, 1.54) is 0 Å². The molecule has 1 aromatic carbocycles. The van der Waals surface area contributed by atoms with Crippen molar-refractivity contribution < 1.29 is 9.47 Å². The summed E-state index contributed by atoms with van der Waals surface area (Å²) < 4.78 is 11.7. The Balaban J connectivity index is 2.53. The van der Waals surface area contributed by atoms with Gasteiger partial charge < -0.3 is 15.2 Å². The van der Waals surface area contributed by atoms with Crippen LogP contribution in [0.4, 0.5) is 0 Å². The van der Waals surface area contributed by atoms with E-state index in [2.05, 4.69) is 15.9 Å². The van der Waals surface area contributed by atoms with Crippen molar-refractivity contribution in [3.63, 3.8) is 0 Å². The highest BCUT2D eigenvalue weighted by molar-refractivity contribution is 9.10. The molecule has 0 saturated carbocycles. The molecule has 0 unspecified atom stereocenters. The first-order valence-electron chi connectivity index (χ1n) is 5.40. The summed E-state index contributed by atoms with van der Waals surface area (Å²) in [5.74, 6) is 0.830. The van der Waals surface area contributed by atoms with E-state index in [-0.39, 0.29) is 6.04 Å². The van der Waals surface area contributed by atoms with Gasteiger partial charge in [-0.05, 0) is 31.5 Å². The van der Waals surface area contributed by atoms with Gasteiger partial charge in [0.05, 0.1) is 6.61 Å². The molecule has 0 aliphatic carbocycles. The molecule has 0 saturated heterocycles. The lowest BCUT2D eigenvalue weighted by molar-refractivity contribution is 0.110. The maximum absolute atomic E-state index is 5.81. The number of halogens is 1. The number of hydrogen-bond acceptors (Lipinski definition) is 3. The second-order valence-corrected chi connectivity index (χ2v) is 4.37. The Bertz CT molecular complexity index is 329. The van der Waals surface area contributed by atoms with Gasteiger partial charge in [0, 0.05) is 17.1 Å². The summed E-state index contributed by atoms with van der Waals surface area (Å²) in [6, 6.07) is 5.86. The minimum absolute atomic E-state index is 0.0202. The molecule has 1 aromatic rings. The standard InChI is InChI=1S/C12H18BrNO2/c1-3-15-6-7-16-10-4-5-11(9(2)14)12(13)8-10/h4-5,8-9H,3,6-7,14H2,1-2H3/t9-/m1/s1. The zero-order valence-corrected chi connectivity index (χ0v) is 11.3. The highest BCUT2D eigenvalue weighted by atomic mass is 79.9. The molecule has 0 aliphatic heterocycles. The van der Waals surface area contributed by atoms with Crippen LogP contribution in [0.2, 0.25) is 0 Å². The van der Waals surface area contributed by atoms with E-state index in [4.69, 9.17) is 15.2 Å². The highest BCUT2D eigenvalue weighted by Gasteiger charge is 2.05. The third kappa shape index (κ3) is 4.12. The average Bonchev–Trinajstić information content (AvgIpc) is 2.24. The zero-order valence-electron chi connectivity index (χ0n) is 9.70. The second-order valence-electron chi connectivity index (χ2n) is 3.52. The smallest absolute Gasteiger partial charge is 0.120 e. The first kappa shape index (κ1) is 13.5. The zero-order chi connectivity index (χ0) is 12.0. The van der Waals surface area contributed by atoms with E-state index in [0.29, 0.717) is 13.2 Å². The van der Waals surface area contributed by atoms with Gasteiger partial charge in [0.1, 0.15) is 12.4 Å². The fourth-order valence-corrected chi connectivity index (χ4v) is 2.05. The van der Waals surface area contributed by atoms with Crippen LogP contribution in [-0.2, 0) is 4.74 Å². The van der Waals surface area contributed by atoms with E-state index < -0.39 is 0 Å². The Morgan fingerprint density at radius 3 is 2.69 bits per heavy atom. The summed E-state index contributed by atoms with van der Waals surface area (Å²) in [5, 5.41) is 0. The Labute approximate surface area is 105 Å². The summed E-state index contributed by atoms with van der Waals surface area (Å²) in [6.45, 7) is 5.82. The van der Waals surface area contributed by atoms with Crippen molar-refractivity contribution in [2.75, 3.05) is 19.8 Å². The first-order chi connectivity index (χ1) is 7.65.